The SMILES string of the molecule is O=C(CCC(SSc1ccccn1)C1CC1)ON1CCC(=O)C1=O. The number of carbonyl (C=O) groups is 3. The first-order valence-electron chi connectivity index (χ1n) is 7.93. The van der Waals surface area contributed by atoms with Gasteiger partial charge in [-0.1, -0.05) is 16.9 Å². The maximum atomic E-state index is 11.9. The highest BCUT2D eigenvalue weighted by Gasteiger charge is 2.34. The molecule has 0 spiro atoms. The highest BCUT2D eigenvalue weighted by molar-refractivity contribution is 8.76. The van der Waals surface area contributed by atoms with Crippen LogP contribution in [0.5, 0.6) is 0 Å². The van der Waals surface area contributed by atoms with E-state index in [1.165, 1.54) is 12.8 Å². The summed E-state index contributed by atoms with van der Waals surface area (Å²) in [7, 11) is 3.37. The smallest absolute Gasteiger partial charge is 0.332 e. The average molecular weight is 366 g/mol. The summed E-state index contributed by atoms with van der Waals surface area (Å²) >= 11 is 0. The number of carbonyl (C=O) groups excluding carboxylic acids is 3. The van der Waals surface area contributed by atoms with Crippen LogP contribution < -0.4 is 0 Å². The van der Waals surface area contributed by atoms with Gasteiger partial charge in [-0.05, 0) is 48.1 Å². The Morgan fingerprint density at radius 3 is 2.83 bits per heavy atom. The Bertz CT molecular complexity index is 622. The van der Waals surface area contributed by atoms with E-state index in [9.17, 15) is 14.4 Å². The molecule has 2 heterocycles. The minimum Gasteiger partial charge on any atom is -0.338 e. The molecule has 6 nitrogen and oxygen atoms in total. The number of ketones is 1. The van der Waals surface area contributed by atoms with Crippen molar-refractivity contribution in [3.63, 3.8) is 0 Å². The third-order valence-electron chi connectivity index (χ3n) is 3.89. The molecule has 2 aliphatic rings. The average Bonchev–Trinajstić information content (AvgIpc) is 3.38. The van der Waals surface area contributed by atoms with Gasteiger partial charge in [0.25, 0.3) is 0 Å². The fourth-order valence-electron chi connectivity index (χ4n) is 2.40. The van der Waals surface area contributed by atoms with Crippen LogP contribution in [0.4, 0.5) is 0 Å². The van der Waals surface area contributed by atoms with E-state index < -0.39 is 17.7 Å². The molecule has 1 saturated heterocycles. The zero-order valence-electron chi connectivity index (χ0n) is 13.1. The molecule has 1 amide bonds. The van der Waals surface area contributed by atoms with Gasteiger partial charge in [-0.2, -0.15) is 5.06 Å². The maximum absolute atomic E-state index is 11.9. The lowest BCUT2D eigenvalue weighted by Crippen LogP contribution is -2.30. The molecule has 1 aromatic heterocycles. The number of hydrogen-bond donors (Lipinski definition) is 0. The summed E-state index contributed by atoms with van der Waals surface area (Å²) < 4.78 is 0. The third-order valence-corrected chi connectivity index (χ3v) is 6.81. The molecule has 3 rings (SSSR count). The second-order valence-electron chi connectivity index (χ2n) is 5.81. The molecular weight excluding hydrogens is 348 g/mol. The van der Waals surface area contributed by atoms with Crippen LogP contribution in [-0.4, -0.2) is 39.5 Å². The molecule has 0 aromatic carbocycles. The zero-order chi connectivity index (χ0) is 16.9. The van der Waals surface area contributed by atoms with Crippen LogP contribution in [0.15, 0.2) is 29.4 Å². The van der Waals surface area contributed by atoms with E-state index in [2.05, 4.69) is 4.98 Å². The minimum atomic E-state index is -0.720. The molecule has 1 unspecified atom stereocenters. The van der Waals surface area contributed by atoms with Crippen LogP contribution in [0.2, 0.25) is 0 Å². The predicted molar refractivity (Wildman–Crippen MR) is 90.9 cm³/mol. The third kappa shape index (κ3) is 4.73. The van der Waals surface area contributed by atoms with Crippen molar-refractivity contribution in [1.29, 1.82) is 0 Å². The normalized spacial score (nSPS) is 18.8. The van der Waals surface area contributed by atoms with Gasteiger partial charge in [0.1, 0.15) is 5.03 Å². The number of Topliss-reactive ketones (excluding diaryl/α,β-unsaturated/α-hetero) is 1. The molecule has 1 saturated carbocycles. The zero-order valence-corrected chi connectivity index (χ0v) is 14.7. The van der Waals surface area contributed by atoms with Crippen LogP contribution in [0, 0.1) is 5.92 Å². The van der Waals surface area contributed by atoms with Gasteiger partial charge < -0.3 is 4.84 Å². The summed E-state index contributed by atoms with van der Waals surface area (Å²) in [6.07, 6.45) is 5.20. The molecule has 0 radical (unpaired) electrons. The monoisotopic (exact) mass is 366 g/mol. The first-order chi connectivity index (χ1) is 11.6. The molecule has 8 heteroatoms. The standard InChI is InChI=1S/C16H18N2O4S2/c19-12-8-10-18(16(12)21)22-15(20)7-6-13(11-4-5-11)23-24-14-3-1-2-9-17-14/h1-3,9,11,13H,4-8,10H2. The van der Waals surface area contributed by atoms with E-state index >= 15 is 0 Å². The van der Waals surface area contributed by atoms with Gasteiger partial charge in [-0.3, -0.25) is 9.59 Å². The molecule has 0 bridgehead atoms. The quantitative estimate of drug-likeness (QED) is 0.517. The topological polar surface area (TPSA) is 76.6 Å². The highest BCUT2D eigenvalue weighted by Crippen LogP contribution is 2.46. The molecule has 24 heavy (non-hydrogen) atoms. The van der Waals surface area contributed by atoms with Crippen LogP contribution in [0.1, 0.15) is 32.1 Å². The van der Waals surface area contributed by atoms with Crippen molar-refractivity contribution >= 4 is 39.2 Å². The largest absolute Gasteiger partial charge is 0.338 e. The lowest BCUT2D eigenvalue weighted by atomic mass is 10.2. The first kappa shape index (κ1) is 17.3. The van der Waals surface area contributed by atoms with Gasteiger partial charge in [0.05, 0.1) is 6.54 Å². The van der Waals surface area contributed by atoms with Crippen molar-refractivity contribution in [2.75, 3.05) is 6.54 Å². The number of rotatable bonds is 8. The lowest BCUT2D eigenvalue weighted by molar-refractivity contribution is -0.193. The summed E-state index contributed by atoms with van der Waals surface area (Å²) in [4.78, 5) is 43.8. The van der Waals surface area contributed by atoms with Gasteiger partial charge in [0, 0.05) is 24.3 Å². The number of amides is 1. The number of pyridine rings is 1. The van der Waals surface area contributed by atoms with E-state index in [-0.39, 0.29) is 19.4 Å². The Morgan fingerprint density at radius 2 is 2.21 bits per heavy atom. The van der Waals surface area contributed by atoms with E-state index in [1.807, 2.05) is 18.2 Å². The van der Waals surface area contributed by atoms with Crippen molar-refractivity contribution in [3.8, 4) is 0 Å². The van der Waals surface area contributed by atoms with Gasteiger partial charge in [-0.25, -0.2) is 9.78 Å². The van der Waals surface area contributed by atoms with Crippen LogP contribution in [0.3, 0.4) is 0 Å². The molecule has 1 aliphatic heterocycles. The summed E-state index contributed by atoms with van der Waals surface area (Å²) in [6, 6.07) is 5.80. The van der Waals surface area contributed by atoms with Crippen LogP contribution in [-0.2, 0) is 19.2 Å². The Kier molecular flexibility index (Phi) is 5.78. The second-order valence-corrected chi connectivity index (χ2v) is 8.27. The number of hydrogen-bond acceptors (Lipinski definition) is 7. The fraction of sp³-hybridized carbons (Fsp3) is 0.500. The van der Waals surface area contributed by atoms with E-state index in [0.717, 1.165) is 10.1 Å². The molecular formula is C16H18N2O4S2. The summed E-state index contributed by atoms with van der Waals surface area (Å²) in [5.74, 6) is -1.04. The van der Waals surface area contributed by atoms with Gasteiger partial charge in [-0.15, -0.1) is 0 Å². The van der Waals surface area contributed by atoms with Crippen molar-refractivity contribution in [1.82, 2.24) is 10.0 Å². The molecule has 2 fully saturated rings. The van der Waals surface area contributed by atoms with Crippen molar-refractivity contribution < 1.29 is 19.2 Å². The number of nitrogens with zero attached hydrogens (tertiary/aromatic N) is 2. The maximum Gasteiger partial charge on any atom is 0.332 e. The van der Waals surface area contributed by atoms with Gasteiger partial charge >= 0.3 is 11.9 Å². The van der Waals surface area contributed by atoms with E-state index in [4.69, 9.17) is 4.84 Å². The van der Waals surface area contributed by atoms with Crippen molar-refractivity contribution in [2.24, 2.45) is 5.92 Å². The summed E-state index contributed by atoms with van der Waals surface area (Å²) in [5.41, 5.74) is 0. The van der Waals surface area contributed by atoms with Crippen molar-refractivity contribution in [3.05, 3.63) is 24.4 Å². The van der Waals surface area contributed by atoms with Crippen LogP contribution >= 0.6 is 21.6 Å². The summed E-state index contributed by atoms with van der Waals surface area (Å²) in [6.45, 7) is 0.166. The molecule has 1 atom stereocenters. The molecule has 0 N–H and O–H groups in total. The predicted octanol–water partition coefficient (Wildman–Crippen LogP) is 2.64. The van der Waals surface area contributed by atoms with Crippen molar-refractivity contribution in [2.45, 2.75) is 42.4 Å². The first-order valence-corrected chi connectivity index (χ1v) is 10.1. The Balaban J connectivity index is 1.43. The number of hydroxylamine groups is 2. The van der Waals surface area contributed by atoms with E-state index in [1.54, 1.807) is 27.8 Å². The van der Waals surface area contributed by atoms with Gasteiger partial charge in [0.2, 0.25) is 5.78 Å². The minimum absolute atomic E-state index is 0.118. The summed E-state index contributed by atoms with van der Waals surface area (Å²) in [5, 5.41) is 2.20. The van der Waals surface area contributed by atoms with Crippen LogP contribution in [0.25, 0.3) is 0 Å². The lowest BCUT2D eigenvalue weighted by Gasteiger charge is -2.16. The Hall–Kier alpha value is -1.54. The Labute approximate surface area is 148 Å². The fourth-order valence-corrected chi connectivity index (χ4v) is 5.23. The second kappa shape index (κ2) is 8.02. The molecule has 128 valence electrons. The number of aromatic nitrogens is 1. The highest BCUT2D eigenvalue weighted by atomic mass is 33.1. The van der Waals surface area contributed by atoms with Gasteiger partial charge in [0.15, 0.2) is 0 Å². The molecule has 1 aliphatic carbocycles. The Morgan fingerprint density at radius 1 is 1.38 bits per heavy atom. The van der Waals surface area contributed by atoms with E-state index in [0.29, 0.717) is 17.6 Å². The molecule has 1 aromatic rings.